The quantitative estimate of drug-likeness (QED) is 0.874. The lowest BCUT2D eigenvalue weighted by Gasteiger charge is -2.28. The summed E-state index contributed by atoms with van der Waals surface area (Å²) in [6, 6.07) is 5.21. The molecule has 2 atom stereocenters. The van der Waals surface area contributed by atoms with E-state index in [-0.39, 0.29) is 18.9 Å². The average Bonchev–Trinajstić information content (AvgIpc) is 3.04. The Kier molecular flexibility index (Phi) is 3.97. The number of hydrogen-bond acceptors (Lipinski definition) is 4. The number of amides is 1. The number of aliphatic carboxylic acids is 1. The normalized spacial score (nSPS) is 26.3. The van der Waals surface area contributed by atoms with E-state index >= 15 is 0 Å². The molecule has 0 radical (unpaired) electrons. The number of carboxylic acids is 1. The molecule has 1 saturated heterocycles. The third-order valence-electron chi connectivity index (χ3n) is 3.97. The zero-order valence-electron chi connectivity index (χ0n) is 11.8. The molecule has 1 aromatic carbocycles. The van der Waals surface area contributed by atoms with Crippen LogP contribution in [-0.2, 0) is 20.7 Å². The van der Waals surface area contributed by atoms with E-state index in [2.05, 4.69) is 5.32 Å². The summed E-state index contributed by atoms with van der Waals surface area (Å²) >= 11 is 5.93. The van der Waals surface area contributed by atoms with Crippen LogP contribution in [0.25, 0.3) is 0 Å². The molecule has 0 spiro atoms. The van der Waals surface area contributed by atoms with Gasteiger partial charge in [-0.25, -0.2) is 0 Å². The summed E-state index contributed by atoms with van der Waals surface area (Å²) in [6.45, 7) is 0.644. The van der Waals surface area contributed by atoms with Crippen LogP contribution in [-0.4, -0.2) is 41.8 Å². The fraction of sp³-hybridized carbons (Fsp3) is 0.467. The molecule has 7 heteroatoms. The Hall–Kier alpha value is -1.79. The highest BCUT2D eigenvalue weighted by atomic mass is 35.5. The molecule has 2 unspecified atom stereocenters. The molecule has 0 aromatic heterocycles. The molecule has 1 fully saturated rings. The van der Waals surface area contributed by atoms with Gasteiger partial charge < -0.3 is 19.9 Å². The topological polar surface area (TPSA) is 84.9 Å². The van der Waals surface area contributed by atoms with E-state index in [1.807, 2.05) is 0 Å². The maximum atomic E-state index is 12.4. The van der Waals surface area contributed by atoms with Crippen LogP contribution in [0.1, 0.15) is 18.4 Å². The second kappa shape index (κ2) is 5.78. The molecule has 3 rings (SSSR count). The van der Waals surface area contributed by atoms with Gasteiger partial charge in [0.05, 0.1) is 18.6 Å². The predicted molar refractivity (Wildman–Crippen MR) is 78.1 cm³/mol. The highest BCUT2D eigenvalue weighted by Gasteiger charge is 2.41. The monoisotopic (exact) mass is 325 g/mol. The lowest BCUT2D eigenvalue weighted by Crippen LogP contribution is -2.54. The summed E-state index contributed by atoms with van der Waals surface area (Å²) in [7, 11) is 0. The van der Waals surface area contributed by atoms with Gasteiger partial charge in [-0.2, -0.15) is 0 Å². The predicted octanol–water partition coefficient (Wildman–Crippen LogP) is 1.39. The number of halogens is 1. The molecule has 118 valence electrons. The minimum atomic E-state index is -0.965. The fourth-order valence-electron chi connectivity index (χ4n) is 2.88. The molecule has 0 bridgehead atoms. The van der Waals surface area contributed by atoms with Crippen LogP contribution in [0.2, 0.25) is 5.02 Å². The van der Waals surface area contributed by atoms with E-state index in [0.717, 1.165) is 5.56 Å². The molecule has 2 N–H and O–H groups in total. The third-order valence-corrected chi connectivity index (χ3v) is 4.21. The van der Waals surface area contributed by atoms with Gasteiger partial charge in [0.1, 0.15) is 5.75 Å². The van der Waals surface area contributed by atoms with Crippen molar-refractivity contribution in [3.63, 3.8) is 0 Å². The number of carbonyl (C=O) groups excluding carboxylic acids is 1. The van der Waals surface area contributed by atoms with E-state index in [0.29, 0.717) is 30.2 Å². The molecule has 0 saturated carbocycles. The first kappa shape index (κ1) is 15.1. The van der Waals surface area contributed by atoms with E-state index in [9.17, 15) is 9.59 Å². The highest BCUT2D eigenvalue weighted by Crippen LogP contribution is 2.32. The second-order valence-corrected chi connectivity index (χ2v) is 6.14. The van der Waals surface area contributed by atoms with E-state index in [1.54, 1.807) is 18.2 Å². The SMILES string of the molecule is O=C(O)CC1(NC(=O)C2Cc3cc(Cl)ccc3O2)CCOC1. The molecule has 1 aromatic rings. The Morgan fingerprint density at radius 2 is 2.27 bits per heavy atom. The first-order chi connectivity index (χ1) is 10.5. The zero-order chi connectivity index (χ0) is 15.7. The second-order valence-electron chi connectivity index (χ2n) is 5.71. The summed E-state index contributed by atoms with van der Waals surface area (Å²) in [4.78, 5) is 23.5. The standard InChI is InChI=1S/C15H16ClNO5/c16-10-1-2-11-9(5-10)6-12(22-11)14(20)17-15(7-13(18)19)3-4-21-8-15/h1-2,5,12H,3-4,6-8H2,(H,17,20)(H,18,19). The summed E-state index contributed by atoms with van der Waals surface area (Å²) in [5.74, 6) is -0.646. The number of fused-ring (bicyclic) bond motifs is 1. The van der Waals surface area contributed by atoms with Crippen molar-refractivity contribution in [2.45, 2.75) is 30.9 Å². The molecule has 6 nitrogen and oxygen atoms in total. The summed E-state index contributed by atoms with van der Waals surface area (Å²) < 4.78 is 10.9. The highest BCUT2D eigenvalue weighted by molar-refractivity contribution is 6.30. The van der Waals surface area contributed by atoms with Crippen molar-refractivity contribution < 1.29 is 24.2 Å². The Balaban J connectivity index is 1.69. The van der Waals surface area contributed by atoms with Crippen molar-refractivity contribution in [1.29, 1.82) is 0 Å². The van der Waals surface area contributed by atoms with Gasteiger partial charge in [-0.1, -0.05) is 11.6 Å². The number of nitrogens with one attached hydrogen (secondary N) is 1. The summed E-state index contributed by atoms with van der Waals surface area (Å²) in [5.41, 5.74) is 0.0289. The van der Waals surface area contributed by atoms with Crippen LogP contribution in [0.5, 0.6) is 5.75 Å². The van der Waals surface area contributed by atoms with Crippen molar-refractivity contribution in [3.05, 3.63) is 28.8 Å². The van der Waals surface area contributed by atoms with Crippen LogP contribution in [0.3, 0.4) is 0 Å². The van der Waals surface area contributed by atoms with Gasteiger partial charge in [-0.3, -0.25) is 9.59 Å². The summed E-state index contributed by atoms with van der Waals surface area (Å²) in [5, 5.41) is 12.4. The Morgan fingerprint density at radius 3 is 2.95 bits per heavy atom. The number of rotatable bonds is 4. The van der Waals surface area contributed by atoms with Gasteiger partial charge in [-0.15, -0.1) is 0 Å². The molecule has 0 aliphatic carbocycles. The van der Waals surface area contributed by atoms with Gasteiger partial charge in [0, 0.05) is 18.1 Å². The van der Waals surface area contributed by atoms with Gasteiger partial charge in [-0.05, 0) is 30.2 Å². The van der Waals surface area contributed by atoms with Crippen molar-refractivity contribution in [2.75, 3.05) is 13.2 Å². The number of carboxylic acid groups (broad SMARTS) is 1. The molecule has 22 heavy (non-hydrogen) atoms. The summed E-state index contributed by atoms with van der Waals surface area (Å²) in [6.07, 6.45) is 0.0757. The van der Waals surface area contributed by atoms with Crippen LogP contribution in [0.15, 0.2) is 18.2 Å². The molecule has 2 aliphatic rings. The van der Waals surface area contributed by atoms with E-state index < -0.39 is 17.6 Å². The van der Waals surface area contributed by atoms with E-state index in [1.165, 1.54) is 0 Å². The van der Waals surface area contributed by atoms with Crippen LogP contribution in [0, 0.1) is 0 Å². The molecule has 2 heterocycles. The molecular weight excluding hydrogens is 310 g/mol. The Labute approximate surface area is 132 Å². The number of hydrogen-bond donors (Lipinski definition) is 2. The average molecular weight is 326 g/mol. The van der Waals surface area contributed by atoms with Crippen LogP contribution < -0.4 is 10.1 Å². The van der Waals surface area contributed by atoms with Gasteiger partial charge in [0.15, 0.2) is 6.10 Å². The lowest BCUT2D eigenvalue weighted by molar-refractivity contribution is -0.139. The molecular formula is C15H16ClNO5. The van der Waals surface area contributed by atoms with Gasteiger partial charge in [0.25, 0.3) is 5.91 Å². The number of benzene rings is 1. The first-order valence-corrected chi connectivity index (χ1v) is 7.42. The Morgan fingerprint density at radius 1 is 1.45 bits per heavy atom. The van der Waals surface area contributed by atoms with Crippen molar-refractivity contribution in [3.8, 4) is 5.75 Å². The Bertz CT molecular complexity index is 612. The third kappa shape index (κ3) is 3.03. The van der Waals surface area contributed by atoms with Crippen molar-refractivity contribution >= 4 is 23.5 Å². The molecule has 1 amide bonds. The lowest BCUT2D eigenvalue weighted by atomic mass is 9.93. The first-order valence-electron chi connectivity index (χ1n) is 7.04. The minimum Gasteiger partial charge on any atom is -0.481 e. The largest absolute Gasteiger partial charge is 0.481 e. The zero-order valence-corrected chi connectivity index (χ0v) is 12.6. The van der Waals surface area contributed by atoms with Crippen molar-refractivity contribution in [2.24, 2.45) is 0 Å². The fourth-order valence-corrected chi connectivity index (χ4v) is 3.08. The van der Waals surface area contributed by atoms with E-state index in [4.69, 9.17) is 26.2 Å². The number of ether oxygens (including phenoxy) is 2. The van der Waals surface area contributed by atoms with Crippen LogP contribution >= 0.6 is 11.6 Å². The minimum absolute atomic E-state index is 0.162. The molecule has 2 aliphatic heterocycles. The van der Waals surface area contributed by atoms with Gasteiger partial charge in [0.2, 0.25) is 0 Å². The van der Waals surface area contributed by atoms with Crippen LogP contribution in [0.4, 0.5) is 0 Å². The number of carbonyl (C=O) groups is 2. The van der Waals surface area contributed by atoms with Crippen molar-refractivity contribution in [1.82, 2.24) is 5.32 Å². The maximum Gasteiger partial charge on any atom is 0.305 e. The smallest absolute Gasteiger partial charge is 0.305 e. The van der Waals surface area contributed by atoms with Gasteiger partial charge >= 0.3 is 5.97 Å². The maximum absolute atomic E-state index is 12.4.